The van der Waals surface area contributed by atoms with Crippen molar-refractivity contribution in [3.05, 3.63) is 54.0 Å². The first kappa shape index (κ1) is 24.4. The predicted molar refractivity (Wildman–Crippen MR) is 134 cm³/mol. The van der Waals surface area contributed by atoms with Crippen LogP contribution in [0.15, 0.2) is 42.6 Å². The van der Waals surface area contributed by atoms with Crippen molar-refractivity contribution in [3.8, 4) is 22.8 Å². The summed E-state index contributed by atoms with van der Waals surface area (Å²) >= 11 is 0. The third-order valence-electron chi connectivity index (χ3n) is 5.76. The normalized spacial score (nSPS) is 11.3. The molecule has 11 heteroatoms. The van der Waals surface area contributed by atoms with Gasteiger partial charge in [-0.2, -0.15) is 5.10 Å². The molecule has 0 aliphatic carbocycles. The lowest BCUT2D eigenvalue weighted by Gasteiger charge is -2.25. The Kier molecular flexibility index (Phi) is 7.17. The van der Waals surface area contributed by atoms with Crippen molar-refractivity contribution in [1.29, 1.82) is 0 Å². The summed E-state index contributed by atoms with van der Waals surface area (Å²) < 4.78 is 39.5. The standard InChI is InChI=1S/C24H27N5O5S/c1-15-24(16(2)28(3)27-15)23-14-25-21-7-6-17(12-22(21)26-23)29(8-9-34-35(30)31)18-10-19(32-4)13-20(11-18)33-5/h6-7,10-14,35H,8-9H2,1-5H3. The number of benzene rings is 2. The molecule has 4 aromatic rings. The van der Waals surface area contributed by atoms with Crippen LogP contribution in [0.1, 0.15) is 11.4 Å². The zero-order valence-corrected chi connectivity index (χ0v) is 21.1. The number of ether oxygens (including phenoxy) is 2. The fourth-order valence-electron chi connectivity index (χ4n) is 3.99. The summed E-state index contributed by atoms with van der Waals surface area (Å²) in [6.07, 6.45) is 1.75. The molecule has 0 saturated carbocycles. The largest absolute Gasteiger partial charge is 0.497 e. The molecule has 0 atom stereocenters. The minimum atomic E-state index is -2.96. The second kappa shape index (κ2) is 10.3. The minimum Gasteiger partial charge on any atom is -0.497 e. The van der Waals surface area contributed by atoms with Gasteiger partial charge in [0.25, 0.3) is 11.0 Å². The minimum absolute atomic E-state index is 0.0317. The number of aryl methyl sites for hydroxylation is 2. The third kappa shape index (κ3) is 5.20. The van der Waals surface area contributed by atoms with Crippen LogP contribution in [0.4, 0.5) is 11.4 Å². The van der Waals surface area contributed by atoms with Crippen LogP contribution in [0, 0.1) is 13.8 Å². The molecular formula is C24H27N5O5S. The molecular weight excluding hydrogens is 470 g/mol. The van der Waals surface area contributed by atoms with E-state index in [-0.39, 0.29) is 13.2 Å². The van der Waals surface area contributed by atoms with Gasteiger partial charge in [-0.05, 0) is 32.0 Å². The molecule has 2 aromatic carbocycles. The lowest BCUT2D eigenvalue weighted by atomic mass is 10.1. The van der Waals surface area contributed by atoms with E-state index in [4.69, 9.17) is 18.6 Å². The van der Waals surface area contributed by atoms with Gasteiger partial charge in [0.05, 0.1) is 49.4 Å². The monoisotopic (exact) mass is 497 g/mol. The predicted octanol–water partition coefficient (Wildman–Crippen LogP) is 3.35. The van der Waals surface area contributed by atoms with Crippen LogP contribution < -0.4 is 14.4 Å². The smallest absolute Gasteiger partial charge is 0.257 e. The highest BCUT2D eigenvalue weighted by Crippen LogP contribution is 2.34. The highest BCUT2D eigenvalue weighted by Gasteiger charge is 2.17. The van der Waals surface area contributed by atoms with Gasteiger partial charge in [0.2, 0.25) is 0 Å². The van der Waals surface area contributed by atoms with Crippen molar-refractivity contribution in [1.82, 2.24) is 19.7 Å². The molecule has 2 heterocycles. The summed E-state index contributed by atoms with van der Waals surface area (Å²) in [6, 6.07) is 11.1. The van der Waals surface area contributed by atoms with E-state index in [9.17, 15) is 8.42 Å². The molecule has 0 fully saturated rings. The van der Waals surface area contributed by atoms with Gasteiger partial charge in [-0.1, -0.05) is 0 Å². The first-order valence-corrected chi connectivity index (χ1v) is 12.0. The molecule has 0 aliphatic rings. The topological polar surface area (TPSA) is 109 Å². The Morgan fingerprint density at radius 1 is 0.971 bits per heavy atom. The Labute approximate surface area is 205 Å². The van der Waals surface area contributed by atoms with Gasteiger partial charge in [0.1, 0.15) is 11.5 Å². The SMILES string of the molecule is COc1cc(OC)cc(N(CCO[SH](=O)=O)c2ccc3ncc(-c4c(C)nn(C)c4C)nc3c2)c1. The zero-order chi connectivity index (χ0) is 25.1. The van der Waals surface area contributed by atoms with Crippen LogP contribution in [0.5, 0.6) is 11.5 Å². The van der Waals surface area contributed by atoms with Crippen LogP contribution >= 0.6 is 0 Å². The van der Waals surface area contributed by atoms with E-state index in [0.29, 0.717) is 17.0 Å². The van der Waals surface area contributed by atoms with Crippen molar-refractivity contribution in [3.63, 3.8) is 0 Å². The van der Waals surface area contributed by atoms with Gasteiger partial charge in [-0.3, -0.25) is 13.8 Å². The van der Waals surface area contributed by atoms with Crippen LogP contribution in [-0.2, 0) is 22.2 Å². The van der Waals surface area contributed by atoms with Crippen LogP contribution in [0.3, 0.4) is 0 Å². The Morgan fingerprint density at radius 2 is 1.69 bits per heavy atom. The molecule has 184 valence electrons. The lowest BCUT2D eigenvalue weighted by molar-refractivity contribution is 0.342. The van der Waals surface area contributed by atoms with Crippen LogP contribution in [-0.4, -0.2) is 55.5 Å². The molecule has 0 amide bonds. The van der Waals surface area contributed by atoms with Crippen molar-refractivity contribution in [2.45, 2.75) is 13.8 Å². The Balaban J connectivity index is 1.81. The Bertz CT molecular complexity index is 1420. The Morgan fingerprint density at radius 3 is 2.29 bits per heavy atom. The van der Waals surface area contributed by atoms with E-state index in [1.165, 1.54) is 0 Å². The average molecular weight is 498 g/mol. The number of hydrogen-bond donors (Lipinski definition) is 1. The number of nitrogens with zero attached hydrogens (tertiary/aromatic N) is 5. The van der Waals surface area contributed by atoms with E-state index in [1.54, 1.807) is 26.5 Å². The molecule has 0 saturated heterocycles. The second-order valence-electron chi connectivity index (χ2n) is 7.88. The third-order valence-corrected chi connectivity index (χ3v) is 6.16. The summed E-state index contributed by atoms with van der Waals surface area (Å²) in [5.41, 5.74) is 6.52. The first-order valence-electron chi connectivity index (χ1n) is 10.9. The molecule has 0 unspecified atom stereocenters. The molecule has 10 nitrogen and oxygen atoms in total. The van der Waals surface area contributed by atoms with Crippen molar-refractivity contribution in [2.24, 2.45) is 7.05 Å². The van der Waals surface area contributed by atoms with Gasteiger partial charge in [-0.15, -0.1) is 0 Å². The molecule has 0 spiro atoms. The maximum absolute atomic E-state index is 11.0. The van der Waals surface area contributed by atoms with Crippen molar-refractivity contribution < 1.29 is 22.1 Å². The van der Waals surface area contributed by atoms with E-state index in [2.05, 4.69) is 10.1 Å². The molecule has 2 aromatic heterocycles. The van der Waals surface area contributed by atoms with Gasteiger partial charge < -0.3 is 14.4 Å². The maximum Gasteiger partial charge on any atom is 0.257 e. The molecule has 0 aliphatic heterocycles. The van der Waals surface area contributed by atoms with Crippen LogP contribution in [0.2, 0.25) is 0 Å². The van der Waals surface area contributed by atoms with E-state index >= 15 is 0 Å². The lowest BCUT2D eigenvalue weighted by Crippen LogP contribution is -2.22. The number of thiol groups is 1. The number of aromatic nitrogens is 4. The van der Waals surface area contributed by atoms with Gasteiger partial charge in [0, 0.05) is 54.4 Å². The van der Waals surface area contributed by atoms with Gasteiger partial charge >= 0.3 is 0 Å². The van der Waals surface area contributed by atoms with Crippen molar-refractivity contribution in [2.75, 3.05) is 32.3 Å². The average Bonchev–Trinajstić information content (AvgIpc) is 3.11. The van der Waals surface area contributed by atoms with Crippen LogP contribution in [0.25, 0.3) is 22.3 Å². The zero-order valence-electron chi connectivity index (χ0n) is 20.2. The molecule has 35 heavy (non-hydrogen) atoms. The van der Waals surface area contributed by atoms with Crippen molar-refractivity contribution >= 4 is 33.4 Å². The number of rotatable bonds is 9. The highest BCUT2D eigenvalue weighted by molar-refractivity contribution is 7.67. The summed E-state index contributed by atoms with van der Waals surface area (Å²) in [5.74, 6) is 1.20. The fourth-order valence-corrected chi connectivity index (χ4v) is 4.23. The number of fused-ring (bicyclic) bond motifs is 1. The summed E-state index contributed by atoms with van der Waals surface area (Å²) in [5, 5.41) is 4.49. The number of hydrogen-bond acceptors (Lipinski definition) is 9. The number of anilines is 2. The molecule has 0 bridgehead atoms. The summed E-state index contributed by atoms with van der Waals surface area (Å²) in [7, 11) is 2.09. The fraction of sp³-hybridized carbons (Fsp3) is 0.292. The quantitative estimate of drug-likeness (QED) is 0.348. The summed E-state index contributed by atoms with van der Waals surface area (Å²) in [4.78, 5) is 11.4. The molecule has 0 radical (unpaired) electrons. The highest BCUT2D eigenvalue weighted by atomic mass is 32.2. The summed E-state index contributed by atoms with van der Waals surface area (Å²) in [6.45, 7) is 4.18. The molecule has 4 rings (SSSR count). The molecule has 0 N–H and O–H groups in total. The second-order valence-corrected chi connectivity index (χ2v) is 8.58. The van der Waals surface area contributed by atoms with Gasteiger partial charge in [-0.25, -0.2) is 13.4 Å². The van der Waals surface area contributed by atoms with Gasteiger partial charge in [0.15, 0.2) is 0 Å². The maximum atomic E-state index is 11.0. The van der Waals surface area contributed by atoms with E-state index in [0.717, 1.165) is 39.5 Å². The number of methoxy groups -OCH3 is 2. The first-order chi connectivity index (χ1) is 16.8. The van der Waals surface area contributed by atoms with E-state index in [1.807, 2.05) is 60.8 Å². The Hall–Kier alpha value is -3.70. The van der Waals surface area contributed by atoms with E-state index < -0.39 is 11.0 Å².